The zero-order valence-electron chi connectivity index (χ0n) is 8.90. The predicted octanol–water partition coefficient (Wildman–Crippen LogP) is -0.811. The van der Waals surface area contributed by atoms with Crippen molar-refractivity contribution in [3.63, 3.8) is 0 Å². The molecule has 84 valence electrons. The monoisotopic (exact) mass is 212 g/mol. The molecule has 0 aliphatic carbocycles. The molecule has 7 nitrogen and oxygen atoms in total. The molecule has 1 rings (SSSR count). The largest absolute Gasteiger partial charge is 0.347 e. The third-order valence-corrected chi connectivity index (χ3v) is 1.87. The van der Waals surface area contributed by atoms with E-state index in [2.05, 4.69) is 25.9 Å². The third kappa shape index (κ3) is 4.03. The maximum absolute atomic E-state index is 11.5. The number of H-pyrrole nitrogens is 1. The summed E-state index contributed by atoms with van der Waals surface area (Å²) in [6, 6.07) is -0.475. The highest BCUT2D eigenvalue weighted by atomic mass is 16.2. The van der Waals surface area contributed by atoms with Gasteiger partial charge in [0.05, 0.1) is 12.6 Å². The molecule has 0 aromatic carbocycles. The number of hydrogen-bond donors (Lipinski definition) is 3. The van der Waals surface area contributed by atoms with Crippen LogP contribution in [-0.2, 0) is 11.3 Å². The number of nitrogens with two attached hydrogens (primary N) is 1. The van der Waals surface area contributed by atoms with Gasteiger partial charge < -0.3 is 11.1 Å². The quantitative estimate of drug-likeness (QED) is 0.591. The van der Waals surface area contributed by atoms with Gasteiger partial charge >= 0.3 is 0 Å². The molecule has 1 amide bonds. The average molecular weight is 212 g/mol. The summed E-state index contributed by atoms with van der Waals surface area (Å²) in [4.78, 5) is 11.5. The summed E-state index contributed by atoms with van der Waals surface area (Å²) >= 11 is 0. The molecule has 0 bridgehead atoms. The van der Waals surface area contributed by atoms with E-state index in [9.17, 15) is 4.79 Å². The van der Waals surface area contributed by atoms with Crippen LogP contribution in [0, 0.1) is 5.92 Å². The van der Waals surface area contributed by atoms with E-state index in [1.807, 2.05) is 13.8 Å². The molecule has 0 aliphatic heterocycles. The zero-order valence-corrected chi connectivity index (χ0v) is 8.90. The van der Waals surface area contributed by atoms with E-state index in [1.165, 1.54) is 0 Å². The van der Waals surface area contributed by atoms with Gasteiger partial charge in [-0.05, 0) is 12.3 Å². The van der Waals surface area contributed by atoms with Gasteiger partial charge in [0.1, 0.15) is 0 Å². The fourth-order valence-electron chi connectivity index (χ4n) is 1.17. The second-order valence-corrected chi connectivity index (χ2v) is 3.78. The second-order valence-electron chi connectivity index (χ2n) is 3.78. The van der Waals surface area contributed by atoms with E-state index < -0.39 is 6.04 Å². The predicted molar refractivity (Wildman–Crippen MR) is 53.5 cm³/mol. The van der Waals surface area contributed by atoms with Crippen molar-refractivity contribution in [1.29, 1.82) is 0 Å². The first-order chi connectivity index (χ1) is 7.09. The second kappa shape index (κ2) is 5.40. The molecule has 0 unspecified atom stereocenters. The minimum absolute atomic E-state index is 0.187. The zero-order chi connectivity index (χ0) is 11.3. The lowest BCUT2D eigenvalue weighted by molar-refractivity contribution is -0.122. The number of carbonyl (C=O) groups is 1. The van der Waals surface area contributed by atoms with E-state index in [-0.39, 0.29) is 12.5 Å². The van der Waals surface area contributed by atoms with E-state index in [0.717, 1.165) is 0 Å². The lowest BCUT2D eigenvalue weighted by Crippen LogP contribution is -2.41. The van der Waals surface area contributed by atoms with Crippen LogP contribution in [0.2, 0.25) is 0 Å². The molecule has 1 atom stereocenters. The molecule has 0 radical (unpaired) electrons. The summed E-state index contributed by atoms with van der Waals surface area (Å²) in [6.45, 7) is 4.29. The Morgan fingerprint density at radius 2 is 2.33 bits per heavy atom. The summed E-state index contributed by atoms with van der Waals surface area (Å²) in [5.41, 5.74) is 5.68. The Kier molecular flexibility index (Phi) is 4.17. The van der Waals surface area contributed by atoms with Crippen LogP contribution in [0.5, 0.6) is 0 Å². The van der Waals surface area contributed by atoms with Crippen LogP contribution in [0.4, 0.5) is 0 Å². The Balaban J connectivity index is 2.29. The van der Waals surface area contributed by atoms with Crippen LogP contribution >= 0.6 is 0 Å². The van der Waals surface area contributed by atoms with Gasteiger partial charge in [-0.25, -0.2) is 0 Å². The molecule has 1 aromatic rings. The number of nitrogens with zero attached hydrogens (tertiary/aromatic N) is 3. The molecule has 1 heterocycles. The highest BCUT2D eigenvalue weighted by molar-refractivity contribution is 5.81. The Labute approximate surface area is 87.8 Å². The maximum atomic E-state index is 11.5. The molecule has 1 aromatic heterocycles. The summed E-state index contributed by atoms with van der Waals surface area (Å²) in [5.74, 6) is 0.657. The standard InChI is InChI=1S/C8H16N6O/c1-5(2)3-6(9)8(15)10-4-7-11-13-14-12-7/h5-6H,3-4,9H2,1-2H3,(H,10,15)(H,11,12,13,14)/t6-/m1/s1. The molecule has 0 aliphatic rings. The summed E-state index contributed by atoms with van der Waals surface area (Å²) in [7, 11) is 0. The third-order valence-electron chi connectivity index (χ3n) is 1.87. The number of rotatable bonds is 5. The fraction of sp³-hybridized carbons (Fsp3) is 0.750. The van der Waals surface area contributed by atoms with Crippen molar-refractivity contribution in [1.82, 2.24) is 25.9 Å². The topological polar surface area (TPSA) is 110 Å². The van der Waals surface area contributed by atoms with Crippen LogP contribution < -0.4 is 11.1 Å². The molecule has 0 saturated heterocycles. The molecular formula is C8H16N6O. The number of nitrogens with one attached hydrogen (secondary N) is 2. The van der Waals surface area contributed by atoms with Gasteiger partial charge in [0.15, 0.2) is 5.82 Å². The number of tetrazole rings is 1. The van der Waals surface area contributed by atoms with Gasteiger partial charge in [0.2, 0.25) is 5.91 Å². The minimum atomic E-state index is -0.475. The van der Waals surface area contributed by atoms with E-state index in [4.69, 9.17) is 5.73 Å². The molecule has 15 heavy (non-hydrogen) atoms. The van der Waals surface area contributed by atoms with Gasteiger partial charge in [0, 0.05) is 0 Å². The number of hydrogen-bond acceptors (Lipinski definition) is 5. The molecule has 4 N–H and O–H groups in total. The van der Waals surface area contributed by atoms with Gasteiger partial charge in [0.25, 0.3) is 0 Å². The molecule has 0 fully saturated rings. The highest BCUT2D eigenvalue weighted by Gasteiger charge is 2.14. The summed E-state index contributed by atoms with van der Waals surface area (Å²) in [5, 5.41) is 15.7. The maximum Gasteiger partial charge on any atom is 0.237 e. The lowest BCUT2D eigenvalue weighted by atomic mass is 10.0. The van der Waals surface area contributed by atoms with Gasteiger partial charge in [-0.1, -0.05) is 19.1 Å². The van der Waals surface area contributed by atoms with Crippen molar-refractivity contribution in [2.24, 2.45) is 11.7 Å². The number of aromatic nitrogens is 4. The Bertz CT molecular complexity index is 296. The van der Waals surface area contributed by atoms with Crippen molar-refractivity contribution in [2.45, 2.75) is 32.9 Å². The average Bonchev–Trinajstić information content (AvgIpc) is 2.65. The molecule has 0 spiro atoms. The summed E-state index contributed by atoms with van der Waals surface area (Å²) in [6.07, 6.45) is 0.665. The Hall–Kier alpha value is -1.50. The smallest absolute Gasteiger partial charge is 0.237 e. The van der Waals surface area contributed by atoms with Crippen molar-refractivity contribution in [2.75, 3.05) is 0 Å². The fourth-order valence-corrected chi connectivity index (χ4v) is 1.17. The van der Waals surface area contributed by atoms with Crippen LogP contribution in [0.3, 0.4) is 0 Å². The Morgan fingerprint density at radius 1 is 1.60 bits per heavy atom. The van der Waals surface area contributed by atoms with E-state index in [1.54, 1.807) is 0 Å². The van der Waals surface area contributed by atoms with Crippen molar-refractivity contribution in [3.8, 4) is 0 Å². The first-order valence-corrected chi connectivity index (χ1v) is 4.85. The summed E-state index contributed by atoms with van der Waals surface area (Å²) < 4.78 is 0. The minimum Gasteiger partial charge on any atom is -0.347 e. The lowest BCUT2D eigenvalue weighted by Gasteiger charge is -2.12. The van der Waals surface area contributed by atoms with E-state index >= 15 is 0 Å². The highest BCUT2D eigenvalue weighted by Crippen LogP contribution is 2.02. The van der Waals surface area contributed by atoms with E-state index in [0.29, 0.717) is 18.2 Å². The van der Waals surface area contributed by atoms with Crippen LogP contribution in [0.15, 0.2) is 0 Å². The van der Waals surface area contributed by atoms with Crippen molar-refractivity contribution in [3.05, 3.63) is 5.82 Å². The number of carbonyl (C=O) groups excluding carboxylic acids is 1. The van der Waals surface area contributed by atoms with Gasteiger partial charge in [-0.15, -0.1) is 10.2 Å². The normalized spacial score (nSPS) is 12.8. The van der Waals surface area contributed by atoms with Crippen LogP contribution in [-0.4, -0.2) is 32.6 Å². The van der Waals surface area contributed by atoms with Crippen molar-refractivity contribution >= 4 is 5.91 Å². The van der Waals surface area contributed by atoms with Crippen molar-refractivity contribution < 1.29 is 4.79 Å². The number of amides is 1. The van der Waals surface area contributed by atoms with Gasteiger partial charge in [-0.3, -0.25) is 4.79 Å². The molecule has 0 saturated carbocycles. The Morgan fingerprint density at radius 3 is 2.87 bits per heavy atom. The van der Waals surface area contributed by atoms with Gasteiger partial charge in [-0.2, -0.15) is 5.21 Å². The van der Waals surface area contributed by atoms with Crippen LogP contribution in [0.25, 0.3) is 0 Å². The van der Waals surface area contributed by atoms with Crippen LogP contribution in [0.1, 0.15) is 26.1 Å². The SMILES string of the molecule is CC(C)C[C@@H](N)C(=O)NCc1nn[nH]n1. The first-order valence-electron chi connectivity index (χ1n) is 4.85. The number of aromatic amines is 1. The molecule has 7 heteroatoms. The molecular weight excluding hydrogens is 196 g/mol. The first kappa shape index (κ1) is 11.6.